The van der Waals surface area contributed by atoms with E-state index >= 15 is 0 Å². The lowest BCUT2D eigenvalue weighted by Gasteiger charge is -2.15. The molecule has 0 spiro atoms. The number of hydrogen-bond acceptors (Lipinski definition) is 2. The van der Waals surface area contributed by atoms with Crippen molar-refractivity contribution < 1.29 is 22.7 Å². The summed E-state index contributed by atoms with van der Waals surface area (Å²) in [5.74, 6) is -0.591. The van der Waals surface area contributed by atoms with Crippen LogP contribution in [-0.4, -0.2) is 12.1 Å². The minimum Gasteiger partial charge on any atom is -0.406 e. The summed E-state index contributed by atoms with van der Waals surface area (Å²) in [5.41, 5.74) is 1.38. The molecule has 5 heteroatoms. The number of allylic oxidation sites excluding steroid dienone is 1. The Morgan fingerprint density at radius 1 is 1.08 bits per heavy atom. The van der Waals surface area contributed by atoms with Gasteiger partial charge < -0.3 is 4.74 Å². The van der Waals surface area contributed by atoms with E-state index in [0.717, 1.165) is 5.56 Å². The van der Waals surface area contributed by atoms with Crippen molar-refractivity contribution in [3.8, 4) is 5.75 Å². The van der Waals surface area contributed by atoms with Crippen LogP contribution >= 0.6 is 0 Å². The molecule has 0 saturated heterocycles. The predicted molar refractivity (Wildman–Crippen MR) is 85.9 cm³/mol. The molecule has 0 aliphatic carbocycles. The van der Waals surface area contributed by atoms with Gasteiger partial charge in [0.05, 0.1) is 0 Å². The number of halogens is 3. The summed E-state index contributed by atoms with van der Waals surface area (Å²) >= 11 is 0. The van der Waals surface area contributed by atoms with Crippen LogP contribution in [0.25, 0.3) is 0 Å². The molecule has 0 aliphatic heterocycles. The van der Waals surface area contributed by atoms with Gasteiger partial charge in [0.1, 0.15) is 5.75 Å². The Kier molecular flexibility index (Phi) is 5.79. The predicted octanol–water partition coefficient (Wildman–Crippen LogP) is 5.20. The van der Waals surface area contributed by atoms with Crippen LogP contribution in [0, 0.1) is 5.92 Å². The van der Waals surface area contributed by atoms with Gasteiger partial charge in [0.2, 0.25) is 0 Å². The van der Waals surface area contributed by atoms with E-state index in [9.17, 15) is 18.0 Å². The Bertz CT molecular complexity index is 676. The number of carbonyl (C=O) groups excluding carboxylic acids is 1. The highest BCUT2D eigenvalue weighted by atomic mass is 19.4. The fraction of sp³-hybridized carbons (Fsp3) is 0.211. The highest BCUT2D eigenvalue weighted by Crippen LogP contribution is 2.24. The second-order valence-corrected chi connectivity index (χ2v) is 5.35. The molecule has 0 bridgehead atoms. The molecule has 0 heterocycles. The highest BCUT2D eigenvalue weighted by Gasteiger charge is 2.31. The van der Waals surface area contributed by atoms with Crippen molar-refractivity contribution in [2.45, 2.75) is 19.2 Å². The summed E-state index contributed by atoms with van der Waals surface area (Å²) < 4.78 is 40.3. The first-order valence-electron chi connectivity index (χ1n) is 7.44. The van der Waals surface area contributed by atoms with Gasteiger partial charge in [-0.1, -0.05) is 48.5 Å². The lowest BCUT2D eigenvalue weighted by molar-refractivity contribution is -0.274. The van der Waals surface area contributed by atoms with Crippen molar-refractivity contribution in [3.63, 3.8) is 0 Å². The smallest absolute Gasteiger partial charge is 0.406 e. The third-order valence-electron chi connectivity index (χ3n) is 3.52. The molecule has 24 heavy (non-hydrogen) atoms. The summed E-state index contributed by atoms with van der Waals surface area (Å²) in [6.07, 6.45) is -2.12. The molecule has 1 atom stereocenters. The van der Waals surface area contributed by atoms with Gasteiger partial charge in [0.25, 0.3) is 0 Å². The van der Waals surface area contributed by atoms with E-state index in [0.29, 0.717) is 18.4 Å². The number of alkyl halides is 3. The lowest BCUT2D eigenvalue weighted by atomic mass is 9.89. The first-order chi connectivity index (χ1) is 11.4. The monoisotopic (exact) mass is 334 g/mol. The summed E-state index contributed by atoms with van der Waals surface area (Å²) in [4.78, 5) is 12.6. The SMILES string of the molecule is C=CCC(Cc1ccc(OC(F)(F)F)cc1)C(=O)c1ccccc1. The third kappa shape index (κ3) is 5.26. The van der Waals surface area contributed by atoms with Gasteiger partial charge in [0, 0.05) is 11.5 Å². The first-order valence-corrected chi connectivity index (χ1v) is 7.44. The number of hydrogen-bond donors (Lipinski definition) is 0. The Morgan fingerprint density at radius 2 is 1.71 bits per heavy atom. The van der Waals surface area contributed by atoms with Crippen LogP contribution in [0.5, 0.6) is 5.75 Å². The van der Waals surface area contributed by atoms with E-state index in [-0.39, 0.29) is 17.5 Å². The molecular weight excluding hydrogens is 317 g/mol. The zero-order chi connectivity index (χ0) is 17.6. The van der Waals surface area contributed by atoms with E-state index in [4.69, 9.17) is 0 Å². The van der Waals surface area contributed by atoms with Crippen LogP contribution in [0.2, 0.25) is 0 Å². The largest absolute Gasteiger partial charge is 0.573 e. The summed E-state index contributed by atoms with van der Waals surface area (Å²) in [7, 11) is 0. The molecule has 0 N–H and O–H groups in total. The topological polar surface area (TPSA) is 26.3 Å². The van der Waals surface area contributed by atoms with E-state index in [1.165, 1.54) is 24.3 Å². The van der Waals surface area contributed by atoms with Gasteiger partial charge in [-0.2, -0.15) is 0 Å². The number of rotatable bonds is 7. The molecule has 0 fully saturated rings. The van der Waals surface area contributed by atoms with Gasteiger partial charge in [-0.15, -0.1) is 19.8 Å². The van der Waals surface area contributed by atoms with Crippen LogP contribution in [0.1, 0.15) is 22.3 Å². The molecule has 126 valence electrons. The van der Waals surface area contributed by atoms with Crippen LogP contribution in [0.3, 0.4) is 0 Å². The Balaban J connectivity index is 2.10. The van der Waals surface area contributed by atoms with Gasteiger partial charge >= 0.3 is 6.36 Å². The fourth-order valence-electron chi connectivity index (χ4n) is 2.43. The maximum absolute atomic E-state index is 12.6. The van der Waals surface area contributed by atoms with Gasteiger partial charge in [0.15, 0.2) is 5.78 Å². The molecule has 2 aromatic carbocycles. The number of Topliss-reactive ketones (excluding diaryl/α,β-unsaturated/α-hetero) is 1. The van der Waals surface area contributed by atoms with Gasteiger partial charge in [-0.05, 0) is 30.5 Å². The van der Waals surface area contributed by atoms with Crippen LogP contribution < -0.4 is 4.74 Å². The molecule has 1 unspecified atom stereocenters. The summed E-state index contributed by atoms with van der Waals surface area (Å²) in [6, 6.07) is 14.5. The number of ether oxygens (including phenoxy) is 1. The highest BCUT2D eigenvalue weighted by molar-refractivity contribution is 5.98. The van der Waals surface area contributed by atoms with Crippen LogP contribution in [-0.2, 0) is 6.42 Å². The zero-order valence-corrected chi connectivity index (χ0v) is 12.9. The third-order valence-corrected chi connectivity index (χ3v) is 3.52. The standard InChI is InChI=1S/C19H17F3O2/c1-2-6-16(18(23)15-7-4-3-5-8-15)13-14-9-11-17(12-10-14)24-19(20,21)22/h2-5,7-12,16H,1,6,13H2. The number of ketones is 1. The average molecular weight is 334 g/mol. The summed E-state index contributed by atoms with van der Waals surface area (Å²) in [5, 5.41) is 0. The molecule has 0 amide bonds. The van der Waals surface area contributed by atoms with Crippen LogP contribution in [0.15, 0.2) is 67.3 Å². The van der Waals surface area contributed by atoms with Crippen LogP contribution in [0.4, 0.5) is 13.2 Å². The average Bonchev–Trinajstić information content (AvgIpc) is 2.55. The van der Waals surface area contributed by atoms with Gasteiger partial charge in [-0.3, -0.25) is 4.79 Å². The molecule has 2 nitrogen and oxygen atoms in total. The molecule has 0 aliphatic rings. The Hall–Kier alpha value is -2.56. The number of carbonyl (C=O) groups is 1. The number of benzene rings is 2. The van der Waals surface area contributed by atoms with Crippen molar-refractivity contribution in [3.05, 3.63) is 78.4 Å². The Morgan fingerprint density at radius 3 is 2.25 bits per heavy atom. The molecule has 2 rings (SSSR count). The van der Waals surface area contributed by atoms with Gasteiger partial charge in [-0.25, -0.2) is 0 Å². The molecule has 0 aromatic heterocycles. The second-order valence-electron chi connectivity index (χ2n) is 5.35. The fourth-order valence-corrected chi connectivity index (χ4v) is 2.43. The molecule has 0 saturated carbocycles. The van der Waals surface area contributed by atoms with Crippen molar-refractivity contribution in [1.82, 2.24) is 0 Å². The maximum atomic E-state index is 12.6. The maximum Gasteiger partial charge on any atom is 0.573 e. The van der Waals surface area contributed by atoms with Crippen molar-refractivity contribution in [2.75, 3.05) is 0 Å². The molecular formula is C19H17F3O2. The molecule has 0 radical (unpaired) electrons. The zero-order valence-electron chi connectivity index (χ0n) is 12.9. The van der Waals surface area contributed by atoms with E-state index in [1.54, 1.807) is 30.3 Å². The first kappa shape index (κ1) is 17.8. The minimum absolute atomic E-state index is 0.00822. The van der Waals surface area contributed by atoms with Crippen molar-refractivity contribution in [1.29, 1.82) is 0 Å². The second kappa shape index (κ2) is 7.81. The quantitative estimate of drug-likeness (QED) is 0.514. The van der Waals surface area contributed by atoms with E-state index in [2.05, 4.69) is 11.3 Å². The Labute approximate surface area is 138 Å². The minimum atomic E-state index is -4.71. The van der Waals surface area contributed by atoms with Crippen molar-refractivity contribution >= 4 is 5.78 Å². The molecule has 2 aromatic rings. The lowest BCUT2D eigenvalue weighted by Crippen LogP contribution is -2.18. The van der Waals surface area contributed by atoms with E-state index < -0.39 is 6.36 Å². The van der Waals surface area contributed by atoms with Crippen molar-refractivity contribution in [2.24, 2.45) is 5.92 Å². The summed E-state index contributed by atoms with van der Waals surface area (Å²) in [6.45, 7) is 3.68. The normalized spacial score (nSPS) is 12.5. The van der Waals surface area contributed by atoms with E-state index in [1.807, 2.05) is 6.07 Å².